The van der Waals surface area contributed by atoms with Crippen LogP contribution in [0.5, 0.6) is 5.75 Å². The van der Waals surface area contributed by atoms with Crippen LogP contribution in [0.15, 0.2) is 138 Å². The van der Waals surface area contributed by atoms with Crippen LogP contribution in [0, 0.1) is 6.07 Å². The maximum Gasteiger partial charge on any atom is 1.00 e. The van der Waals surface area contributed by atoms with Crippen molar-refractivity contribution in [1.29, 1.82) is 0 Å². The van der Waals surface area contributed by atoms with Gasteiger partial charge >= 0.3 is 88.7 Å². The minimum absolute atomic E-state index is 0. The maximum atomic E-state index is 12.2. The fraction of sp³-hybridized carbons (Fsp3) is 0. The van der Waals surface area contributed by atoms with Gasteiger partial charge < -0.3 is 19.5 Å². The standard InChI is InChI=1S/C32H22N5O10S3.3Na/c38-32-30(50(45,46)47)17-19-16-22(48(39,40)41)11-12-23(19)31(32)37-35-27-15-14-26(24-8-4-5-9-25(24)27)34-36-28-13-10-21(18-29(28)49(42,43)44)33-20-6-2-1-3-7-20;;;/h1-17,33,38H,(H,39,40,41)(H,42,43,44)(H,45,46,47);;;/q-1;3*+1/p-2. The number of phenols is 1. The first-order valence-corrected chi connectivity index (χ1v) is 18.3. The number of benzene rings is 6. The van der Waals surface area contributed by atoms with Gasteiger partial charge in [0.2, 0.25) is 0 Å². The molecule has 53 heavy (non-hydrogen) atoms. The van der Waals surface area contributed by atoms with Crippen LogP contribution < -0.4 is 94.0 Å². The number of nitrogens with zero attached hydrogens (tertiary/aromatic N) is 4. The predicted octanol–water partition coefficient (Wildman–Crippen LogP) is -1.86. The molecule has 0 unspecified atom stereocenters. The third-order valence-electron chi connectivity index (χ3n) is 7.18. The van der Waals surface area contributed by atoms with E-state index in [4.69, 9.17) is 0 Å². The summed E-state index contributed by atoms with van der Waals surface area (Å²) in [5.41, 5.74) is 0.617. The Morgan fingerprint density at radius 2 is 1.15 bits per heavy atom. The zero-order chi connectivity index (χ0) is 35.8. The van der Waals surface area contributed by atoms with Crippen molar-refractivity contribution in [2.24, 2.45) is 20.5 Å². The molecule has 0 spiro atoms. The Hall–Kier alpha value is -2.63. The molecule has 0 fully saturated rings. The van der Waals surface area contributed by atoms with Gasteiger partial charge in [-0.05, 0) is 53.5 Å². The molecule has 0 amide bonds. The van der Waals surface area contributed by atoms with E-state index in [2.05, 4.69) is 31.8 Å². The Labute approximate surface area is 369 Å². The summed E-state index contributed by atoms with van der Waals surface area (Å²) in [5.74, 6) is -1.04. The molecular weight excluding hydrogens is 780 g/mol. The molecule has 0 heterocycles. The van der Waals surface area contributed by atoms with Crippen molar-refractivity contribution < 1.29 is 133 Å². The first-order valence-electron chi connectivity index (χ1n) is 14.0. The van der Waals surface area contributed by atoms with E-state index < -0.39 is 56.5 Å². The number of anilines is 2. The van der Waals surface area contributed by atoms with Crippen LogP contribution in [0.25, 0.3) is 21.5 Å². The van der Waals surface area contributed by atoms with Crippen LogP contribution in [0.1, 0.15) is 0 Å². The molecule has 0 atom stereocenters. The second-order valence-corrected chi connectivity index (χ2v) is 14.6. The van der Waals surface area contributed by atoms with E-state index >= 15 is 0 Å². The van der Waals surface area contributed by atoms with Gasteiger partial charge in [0.15, 0.2) is 5.75 Å². The number of para-hydroxylation sites is 1. The number of azo groups is 2. The molecule has 6 aromatic carbocycles. The Morgan fingerprint density at radius 1 is 0.604 bits per heavy atom. The third-order valence-corrected chi connectivity index (χ3v) is 9.69. The summed E-state index contributed by atoms with van der Waals surface area (Å²) in [6.07, 6.45) is 0. The molecule has 0 aliphatic rings. The summed E-state index contributed by atoms with van der Waals surface area (Å²) >= 11 is 0. The summed E-state index contributed by atoms with van der Waals surface area (Å²) in [7, 11) is -15.0. The second kappa shape index (κ2) is 17.9. The summed E-state index contributed by atoms with van der Waals surface area (Å²) in [6.45, 7) is 0. The normalized spacial score (nSPS) is 12.0. The first kappa shape index (κ1) is 44.8. The molecule has 0 aliphatic heterocycles. The van der Waals surface area contributed by atoms with Gasteiger partial charge in [-0.15, -0.1) is 28.4 Å². The van der Waals surface area contributed by atoms with Crippen LogP contribution >= 0.6 is 0 Å². The van der Waals surface area contributed by atoms with Crippen LogP contribution in [-0.2, 0) is 30.4 Å². The number of fused-ring (bicyclic) bond motifs is 2. The molecule has 0 radical (unpaired) electrons. The molecule has 0 aliphatic carbocycles. The Balaban J connectivity index is 0.00000252. The van der Waals surface area contributed by atoms with Gasteiger partial charge in [0.05, 0.1) is 21.2 Å². The van der Waals surface area contributed by atoms with Gasteiger partial charge in [-0.3, -0.25) is 4.55 Å². The number of nitrogens with one attached hydrogen (secondary N) is 1. The van der Waals surface area contributed by atoms with E-state index in [1.807, 2.05) is 6.07 Å². The summed E-state index contributed by atoms with van der Waals surface area (Å²) in [6, 6.07) is 27.4. The van der Waals surface area contributed by atoms with E-state index in [0.717, 1.165) is 24.3 Å². The molecule has 0 saturated carbocycles. The zero-order valence-electron chi connectivity index (χ0n) is 28.0. The van der Waals surface area contributed by atoms with E-state index in [1.54, 1.807) is 48.5 Å². The topological polar surface area (TPSA) is 250 Å². The SMILES string of the molecule is O=S(=O)([O-])c1ccc2c(N=Nc3ccc(N=Nc4ccc(Nc5ccccc5)[c-]c4S(=O)(=O)O)c4ccccc34)c(O)c(S(=O)(=O)[O-])cc2c1.[Na+].[Na+].[Na+]. The first-order chi connectivity index (χ1) is 23.6. The molecule has 0 bridgehead atoms. The molecule has 0 saturated heterocycles. The monoisotopic (exact) mass is 799 g/mol. The molecule has 254 valence electrons. The molecule has 3 N–H and O–H groups in total. The van der Waals surface area contributed by atoms with Gasteiger partial charge in [0, 0.05) is 26.7 Å². The third kappa shape index (κ3) is 10.4. The van der Waals surface area contributed by atoms with Crippen LogP contribution in [0.2, 0.25) is 0 Å². The Bertz CT molecular complexity index is 2740. The van der Waals surface area contributed by atoms with E-state index in [9.17, 15) is 44.0 Å². The van der Waals surface area contributed by atoms with Crippen LogP contribution in [0.3, 0.4) is 0 Å². The van der Waals surface area contributed by atoms with Crippen LogP contribution in [0.4, 0.5) is 34.1 Å². The second-order valence-electron chi connectivity index (χ2n) is 10.5. The van der Waals surface area contributed by atoms with Gasteiger partial charge in [0.25, 0.3) is 10.1 Å². The molecule has 15 nitrogen and oxygen atoms in total. The van der Waals surface area contributed by atoms with Crippen molar-refractivity contribution in [3.05, 3.63) is 109 Å². The molecule has 6 rings (SSSR count). The Kier molecular flexibility index (Phi) is 15.1. The number of hydrogen-bond acceptors (Lipinski definition) is 14. The summed E-state index contributed by atoms with van der Waals surface area (Å²) in [4.78, 5) is -2.43. The number of rotatable bonds is 9. The maximum absolute atomic E-state index is 12.2. The number of phenolic OH excluding ortho intramolecular Hbond substituents is 1. The Morgan fingerprint density at radius 3 is 1.72 bits per heavy atom. The van der Waals surface area contributed by atoms with Crippen molar-refractivity contribution in [3.63, 3.8) is 0 Å². The average molecular weight is 800 g/mol. The zero-order valence-corrected chi connectivity index (χ0v) is 36.4. The van der Waals surface area contributed by atoms with Gasteiger partial charge in [0.1, 0.15) is 25.9 Å². The van der Waals surface area contributed by atoms with Crippen molar-refractivity contribution in [3.8, 4) is 5.75 Å². The largest absolute Gasteiger partial charge is 1.00 e. The predicted molar refractivity (Wildman–Crippen MR) is 179 cm³/mol. The van der Waals surface area contributed by atoms with Crippen molar-refractivity contribution >= 4 is 86.0 Å². The fourth-order valence-corrected chi connectivity index (χ4v) is 6.64. The fourth-order valence-electron chi connectivity index (χ4n) is 4.92. The molecule has 21 heteroatoms. The van der Waals surface area contributed by atoms with Gasteiger partial charge in [-0.2, -0.15) is 13.5 Å². The van der Waals surface area contributed by atoms with Gasteiger partial charge in [-0.25, -0.2) is 21.9 Å². The number of aromatic hydroxyl groups is 1. The van der Waals surface area contributed by atoms with Crippen molar-refractivity contribution in [1.82, 2.24) is 0 Å². The van der Waals surface area contributed by atoms with Crippen molar-refractivity contribution in [2.75, 3.05) is 5.32 Å². The summed E-state index contributed by atoms with van der Waals surface area (Å²) < 4.78 is 105. The number of hydrogen-bond donors (Lipinski definition) is 3. The van der Waals surface area contributed by atoms with E-state index in [0.29, 0.717) is 16.5 Å². The smallest absolute Gasteiger partial charge is 0.744 e. The summed E-state index contributed by atoms with van der Waals surface area (Å²) in [5, 5.41) is 30.8. The molecule has 0 aromatic heterocycles. The minimum Gasteiger partial charge on any atom is -0.744 e. The molecule has 6 aromatic rings. The minimum atomic E-state index is -5.29. The quantitative estimate of drug-likeness (QED) is 0.0633. The van der Waals surface area contributed by atoms with E-state index in [1.165, 1.54) is 24.3 Å². The van der Waals surface area contributed by atoms with Gasteiger partial charge in [-0.1, -0.05) is 54.2 Å². The molecular formula is C32H20N5Na3O10S3. The van der Waals surface area contributed by atoms with E-state index in [-0.39, 0.29) is 122 Å². The van der Waals surface area contributed by atoms with Crippen LogP contribution in [-0.4, -0.2) is 44.0 Å². The average Bonchev–Trinajstić information content (AvgIpc) is 3.06. The van der Waals surface area contributed by atoms with Crippen molar-refractivity contribution in [2.45, 2.75) is 14.7 Å².